The zero-order valence-electron chi connectivity index (χ0n) is 14.7. The molecule has 0 fully saturated rings. The van der Waals surface area contributed by atoms with Crippen LogP contribution in [0.2, 0.25) is 0 Å². The number of carbonyl (C=O) groups excluding carboxylic acids is 1. The minimum absolute atomic E-state index is 0.152. The second-order valence-electron chi connectivity index (χ2n) is 6.23. The molecule has 0 bridgehead atoms. The smallest absolute Gasteiger partial charge is 0.255 e. The Morgan fingerprint density at radius 3 is 2.28 bits per heavy atom. The van der Waals surface area contributed by atoms with Crippen molar-refractivity contribution in [2.24, 2.45) is 5.92 Å². The van der Waals surface area contributed by atoms with Crippen LogP contribution in [0.3, 0.4) is 0 Å². The van der Waals surface area contributed by atoms with Crippen LogP contribution in [0.25, 0.3) is 0 Å². The fraction of sp³-hybridized carbons (Fsp3) is 0.316. The molecule has 0 saturated carbocycles. The minimum Gasteiger partial charge on any atom is -0.322 e. The summed E-state index contributed by atoms with van der Waals surface area (Å²) in [6.45, 7) is 6.27. The number of carbonyl (C=O) groups is 1. The van der Waals surface area contributed by atoms with Gasteiger partial charge in [0, 0.05) is 17.8 Å². The van der Waals surface area contributed by atoms with Crippen molar-refractivity contribution < 1.29 is 13.2 Å². The van der Waals surface area contributed by atoms with E-state index in [4.69, 9.17) is 0 Å². The molecule has 0 aliphatic heterocycles. The molecular formula is C19H24N2O3S. The normalized spacial score (nSPS) is 11.5. The Morgan fingerprint density at radius 1 is 1.04 bits per heavy atom. The lowest BCUT2D eigenvalue weighted by Crippen LogP contribution is -2.27. The average molecular weight is 360 g/mol. The summed E-state index contributed by atoms with van der Waals surface area (Å²) in [4.78, 5) is 12.5. The van der Waals surface area contributed by atoms with Crippen LogP contribution in [0.15, 0.2) is 53.4 Å². The molecule has 0 aliphatic carbocycles. The summed E-state index contributed by atoms with van der Waals surface area (Å²) >= 11 is 0. The molecule has 134 valence electrons. The Bertz CT molecular complexity index is 828. The molecule has 5 nitrogen and oxygen atoms in total. The predicted molar refractivity (Wildman–Crippen MR) is 100 cm³/mol. The number of hydrogen-bond donors (Lipinski definition) is 2. The van der Waals surface area contributed by atoms with Gasteiger partial charge in [0.1, 0.15) is 0 Å². The number of sulfonamides is 1. The minimum atomic E-state index is -3.55. The fourth-order valence-electron chi connectivity index (χ4n) is 2.29. The van der Waals surface area contributed by atoms with Gasteiger partial charge in [0.05, 0.1) is 4.90 Å². The van der Waals surface area contributed by atoms with Gasteiger partial charge in [-0.15, -0.1) is 0 Å². The van der Waals surface area contributed by atoms with E-state index in [1.807, 2.05) is 45.0 Å². The van der Waals surface area contributed by atoms with E-state index < -0.39 is 10.0 Å². The molecule has 25 heavy (non-hydrogen) atoms. The van der Waals surface area contributed by atoms with Crippen LogP contribution < -0.4 is 10.0 Å². The maximum absolute atomic E-state index is 12.4. The molecule has 0 aliphatic rings. The zero-order chi connectivity index (χ0) is 18.4. The number of nitrogens with one attached hydrogen (secondary N) is 2. The van der Waals surface area contributed by atoms with Gasteiger partial charge >= 0.3 is 0 Å². The van der Waals surface area contributed by atoms with Gasteiger partial charge in [0.25, 0.3) is 5.91 Å². The van der Waals surface area contributed by atoms with Crippen LogP contribution in [0.4, 0.5) is 5.69 Å². The summed E-state index contributed by atoms with van der Waals surface area (Å²) in [5, 5.41) is 2.87. The van der Waals surface area contributed by atoms with Crippen molar-refractivity contribution >= 4 is 21.6 Å². The number of para-hydroxylation sites is 1. The lowest BCUT2D eigenvalue weighted by molar-refractivity contribution is 0.102. The maximum Gasteiger partial charge on any atom is 0.255 e. The van der Waals surface area contributed by atoms with Crippen LogP contribution >= 0.6 is 0 Å². The van der Waals surface area contributed by atoms with Crippen molar-refractivity contribution in [1.82, 2.24) is 4.72 Å². The van der Waals surface area contributed by atoms with Gasteiger partial charge in [0.2, 0.25) is 10.0 Å². The Hall–Kier alpha value is -2.18. The Labute approximate surface area is 149 Å². The van der Waals surface area contributed by atoms with Gasteiger partial charge < -0.3 is 5.32 Å². The van der Waals surface area contributed by atoms with Crippen molar-refractivity contribution in [1.29, 1.82) is 0 Å². The van der Waals surface area contributed by atoms with E-state index in [-0.39, 0.29) is 16.7 Å². The summed E-state index contributed by atoms with van der Waals surface area (Å²) in [7, 11) is -3.55. The summed E-state index contributed by atoms with van der Waals surface area (Å²) in [5.74, 6) is -0.0431. The number of hydrogen-bond acceptors (Lipinski definition) is 3. The molecule has 0 aromatic heterocycles. The molecular weight excluding hydrogens is 336 g/mol. The van der Waals surface area contributed by atoms with E-state index in [0.29, 0.717) is 12.1 Å². The number of amides is 1. The molecule has 0 spiro atoms. The van der Waals surface area contributed by atoms with Gasteiger partial charge in [-0.25, -0.2) is 13.1 Å². The highest BCUT2D eigenvalue weighted by atomic mass is 32.2. The lowest BCUT2D eigenvalue weighted by atomic mass is 10.1. The van der Waals surface area contributed by atoms with E-state index in [1.165, 1.54) is 24.3 Å². The van der Waals surface area contributed by atoms with Crippen molar-refractivity contribution in [3.63, 3.8) is 0 Å². The molecule has 0 unspecified atom stereocenters. The largest absolute Gasteiger partial charge is 0.322 e. The summed E-state index contributed by atoms with van der Waals surface area (Å²) in [6, 6.07) is 13.6. The molecule has 2 N–H and O–H groups in total. The molecule has 0 saturated heterocycles. The summed E-state index contributed by atoms with van der Waals surface area (Å²) in [6.07, 6.45) is 0.815. The van der Waals surface area contributed by atoms with Gasteiger partial charge in [-0.2, -0.15) is 0 Å². The third-order valence-corrected chi connectivity index (χ3v) is 5.19. The molecule has 2 aromatic rings. The molecule has 2 aromatic carbocycles. The van der Waals surface area contributed by atoms with Crippen molar-refractivity contribution in [3.05, 3.63) is 59.7 Å². The maximum atomic E-state index is 12.4. The van der Waals surface area contributed by atoms with Crippen LogP contribution in [0.1, 0.15) is 36.7 Å². The second-order valence-corrected chi connectivity index (χ2v) is 8.00. The predicted octanol–water partition coefficient (Wildman–Crippen LogP) is 3.44. The van der Waals surface area contributed by atoms with Crippen LogP contribution in [-0.2, 0) is 16.4 Å². The lowest BCUT2D eigenvalue weighted by Gasteiger charge is -2.11. The van der Waals surface area contributed by atoms with E-state index in [2.05, 4.69) is 10.0 Å². The van der Waals surface area contributed by atoms with Gasteiger partial charge in [-0.1, -0.05) is 39.0 Å². The van der Waals surface area contributed by atoms with E-state index in [0.717, 1.165) is 17.7 Å². The molecule has 2 rings (SSSR count). The van der Waals surface area contributed by atoms with Gasteiger partial charge in [-0.3, -0.25) is 4.79 Å². The number of rotatable bonds is 7. The zero-order valence-corrected chi connectivity index (χ0v) is 15.6. The summed E-state index contributed by atoms with van der Waals surface area (Å²) < 4.78 is 26.9. The van der Waals surface area contributed by atoms with Crippen molar-refractivity contribution in [3.8, 4) is 0 Å². The molecule has 1 amide bonds. The first-order valence-electron chi connectivity index (χ1n) is 8.32. The van der Waals surface area contributed by atoms with Crippen LogP contribution in [-0.4, -0.2) is 20.9 Å². The molecule has 0 heterocycles. The van der Waals surface area contributed by atoms with E-state index >= 15 is 0 Å². The third-order valence-electron chi connectivity index (χ3n) is 3.75. The highest BCUT2D eigenvalue weighted by Crippen LogP contribution is 2.17. The Balaban J connectivity index is 2.12. The summed E-state index contributed by atoms with van der Waals surface area (Å²) in [5.41, 5.74) is 2.23. The molecule has 0 radical (unpaired) electrons. The van der Waals surface area contributed by atoms with Crippen LogP contribution in [0, 0.1) is 5.92 Å². The number of benzene rings is 2. The monoisotopic (exact) mass is 360 g/mol. The first kappa shape index (κ1) is 19.1. The Morgan fingerprint density at radius 2 is 1.68 bits per heavy atom. The number of anilines is 1. The first-order chi connectivity index (χ1) is 11.8. The molecule has 0 atom stereocenters. The van der Waals surface area contributed by atoms with Gasteiger partial charge in [-0.05, 0) is 48.2 Å². The highest BCUT2D eigenvalue weighted by molar-refractivity contribution is 7.89. The standard InChI is InChI=1S/C19H24N2O3S/c1-4-15-7-5-6-8-18(15)21-19(22)16-9-11-17(12-10-16)25(23,24)20-13-14(2)3/h5-12,14,20H,4,13H2,1-3H3,(H,21,22). The quantitative estimate of drug-likeness (QED) is 0.794. The topological polar surface area (TPSA) is 75.3 Å². The Kier molecular flexibility index (Phi) is 6.33. The molecule has 6 heteroatoms. The first-order valence-corrected chi connectivity index (χ1v) is 9.80. The van der Waals surface area contributed by atoms with Crippen molar-refractivity contribution in [2.45, 2.75) is 32.1 Å². The van der Waals surface area contributed by atoms with E-state index in [9.17, 15) is 13.2 Å². The number of aryl methyl sites for hydroxylation is 1. The van der Waals surface area contributed by atoms with E-state index in [1.54, 1.807) is 0 Å². The third kappa shape index (κ3) is 5.14. The highest BCUT2D eigenvalue weighted by Gasteiger charge is 2.15. The van der Waals surface area contributed by atoms with Crippen molar-refractivity contribution in [2.75, 3.05) is 11.9 Å². The van der Waals surface area contributed by atoms with Crippen LogP contribution in [0.5, 0.6) is 0 Å². The fourth-order valence-corrected chi connectivity index (χ4v) is 3.50. The SMILES string of the molecule is CCc1ccccc1NC(=O)c1ccc(S(=O)(=O)NCC(C)C)cc1. The second kappa shape index (κ2) is 8.27. The van der Waals surface area contributed by atoms with Gasteiger partial charge in [0.15, 0.2) is 0 Å². The average Bonchev–Trinajstić information content (AvgIpc) is 2.60.